The van der Waals surface area contributed by atoms with Crippen LogP contribution in [-0.4, -0.2) is 58.9 Å². The fourth-order valence-electron chi connectivity index (χ4n) is 4.86. The summed E-state index contributed by atoms with van der Waals surface area (Å²) in [5, 5.41) is 2.96. The van der Waals surface area contributed by atoms with Crippen LogP contribution in [0.15, 0.2) is 42.7 Å². The maximum atomic E-state index is 14.4. The molecule has 0 unspecified atom stereocenters. The molecule has 8 heteroatoms. The zero-order valence-electron chi connectivity index (χ0n) is 15.9. The summed E-state index contributed by atoms with van der Waals surface area (Å²) in [6.45, 7) is 1.99. The van der Waals surface area contributed by atoms with Crippen LogP contribution >= 0.6 is 0 Å². The van der Waals surface area contributed by atoms with Crippen molar-refractivity contribution < 1.29 is 14.0 Å². The monoisotopic (exact) mass is 395 g/mol. The Morgan fingerprint density at radius 3 is 2.66 bits per heavy atom. The first-order valence-corrected chi connectivity index (χ1v) is 9.88. The van der Waals surface area contributed by atoms with Gasteiger partial charge in [-0.2, -0.15) is 0 Å². The number of rotatable bonds is 4. The number of nitrogens with one attached hydrogen (secondary N) is 1. The lowest BCUT2D eigenvalue weighted by molar-refractivity contribution is -0.143. The smallest absolute Gasteiger partial charge is 0.232 e. The van der Waals surface area contributed by atoms with Crippen LogP contribution in [0.1, 0.15) is 12.0 Å². The molecule has 1 aromatic carbocycles. The third kappa shape index (κ3) is 3.12. The highest BCUT2D eigenvalue weighted by Crippen LogP contribution is 2.40. The molecule has 3 fully saturated rings. The number of aromatic nitrogens is 2. The standard InChI is InChI=1S/C21H22FN5O2/c22-16-5-2-1-4-14(16)9-21(12-27(13-21)20-23-6-3-7-24-20)19(29)26-10-15-8-18(28)25-17(15)11-26/h1-7,15,17H,8-13H2,(H,25,28)/t15-,17+/m0/s1. The Labute approximate surface area is 167 Å². The van der Waals surface area contributed by atoms with Crippen LogP contribution in [0.3, 0.4) is 0 Å². The Morgan fingerprint density at radius 1 is 1.17 bits per heavy atom. The van der Waals surface area contributed by atoms with Crippen molar-refractivity contribution in [2.24, 2.45) is 11.3 Å². The molecule has 1 aromatic heterocycles. The van der Waals surface area contributed by atoms with Gasteiger partial charge in [-0.15, -0.1) is 0 Å². The summed E-state index contributed by atoms with van der Waals surface area (Å²) < 4.78 is 14.4. The zero-order chi connectivity index (χ0) is 20.0. The molecule has 0 saturated carbocycles. The number of carbonyl (C=O) groups excluding carboxylic acids is 2. The third-order valence-corrected chi connectivity index (χ3v) is 6.28. The van der Waals surface area contributed by atoms with Gasteiger partial charge in [0.25, 0.3) is 0 Å². The summed E-state index contributed by atoms with van der Waals surface area (Å²) >= 11 is 0. The molecule has 1 N–H and O–H groups in total. The molecule has 0 bridgehead atoms. The second-order valence-electron chi connectivity index (χ2n) is 8.30. The minimum atomic E-state index is -0.718. The molecule has 0 aliphatic carbocycles. The summed E-state index contributed by atoms with van der Waals surface area (Å²) in [7, 11) is 0. The number of nitrogens with zero attached hydrogens (tertiary/aromatic N) is 4. The van der Waals surface area contributed by atoms with Crippen molar-refractivity contribution in [3.05, 3.63) is 54.1 Å². The molecule has 5 rings (SSSR count). The first kappa shape index (κ1) is 18.0. The van der Waals surface area contributed by atoms with Gasteiger partial charge in [0.2, 0.25) is 17.8 Å². The van der Waals surface area contributed by atoms with Gasteiger partial charge in [0.15, 0.2) is 0 Å². The van der Waals surface area contributed by atoms with Crippen molar-refractivity contribution in [1.29, 1.82) is 0 Å². The normalized spacial score (nSPS) is 24.8. The number of fused-ring (bicyclic) bond motifs is 1. The van der Waals surface area contributed by atoms with Gasteiger partial charge in [-0.3, -0.25) is 9.59 Å². The maximum absolute atomic E-state index is 14.4. The molecule has 29 heavy (non-hydrogen) atoms. The van der Waals surface area contributed by atoms with E-state index in [2.05, 4.69) is 15.3 Å². The van der Waals surface area contributed by atoms with Crippen molar-refractivity contribution in [2.75, 3.05) is 31.1 Å². The van der Waals surface area contributed by atoms with Crippen LogP contribution in [0.2, 0.25) is 0 Å². The fourth-order valence-corrected chi connectivity index (χ4v) is 4.86. The number of likely N-dealkylation sites (tertiary alicyclic amines) is 1. The van der Waals surface area contributed by atoms with Gasteiger partial charge < -0.3 is 15.1 Å². The Balaban J connectivity index is 1.38. The molecule has 3 aliphatic heterocycles. The number of halogens is 1. The first-order valence-electron chi connectivity index (χ1n) is 9.88. The topological polar surface area (TPSA) is 78.4 Å². The van der Waals surface area contributed by atoms with E-state index >= 15 is 0 Å². The highest BCUT2D eigenvalue weighted by atomic mass is 19.1. The Morgan fingerprint density at radius 2 is 1.93 bits per heavy atom. The molecule has 3 saturated heterocycles. The van der Waals surface area contributed by atoms with Gasteiger partial charge in [-0.25, -0.2) is 14.4 Å². The number of carbonyl (C=O) groups is 2. The minimum Gasteiger partial charge on any atom is -0.351 e. The minimum absolute atomic E-state index is 0.0246. The van der Waals surface area contributed by atoms with Crippen LogP contribution in [0.25, 0.3) is 0 Å². The van der Waals surface area contributed by atoms with Crippen LogP contribution < -0.4 is 10.2 Å². The van der Waals surface area contributed by atoms with Crippen LogP contribution in [0, 0.1) is 17.2 Å². The molecule has 2 amide bonds. The molecular weight excluding hydrogens is 373 g/mol. The zero-order valence-corrected chi connectivity index (χ0v) is 15.9. The molecule has 0 spiro atoms. The van der Waals surface area contributed by atoms with E-state index < -0.39 is 5.41 Å². The highest BCUT2D eigenvalue weighted by molar-refractivity contribution is 5.87. The molecular formula is C21H22FN5O2. The Hall–Kier alpha value is -3.03. The summed E-state index contributed by atoms with van der Waals surface area (Å²) in [5.74, 6) is 0.543. The largest absolute Gasteiger partial charge is 0.351 e. The second-order valence-corrected chi connectivity index (χ2v) is 8.30. The lowest BCUT2D eigenvalue weighted by Gasteiger charge is -2.50. The van der Waals surface area contributed by atoms with E-state index in [9.17, 15) is 14.0 Å². The third-order valence-electron chi connectivity index (χ3n) is 6.28. The first-order chi connectivity index (χ1) is 14.0. The summed E-state index contributed by atoms with van der Waals surface area (Å²) in [4.78, 5) is 37.5. The van der Waals surface area contributed by atoms with E-state index in [-0.39, 0.29) is 29.6 Å². The lowest BCUT2D eigenvalue weighted by Crippen LogP contribution is -2.65. The van der Waals surface area contributed by atoms with Crippen molar-refractivity contribution in [3.8, 4) is 0 Å². The van der Waals surface area contributed by atoms with Gasteiger partial charge in [0.1, 0.15) is 5.82 Å². The molecule has 2 atom stereocenters. The number of anilines is 1. The Kier molecular flexibility index (Phi) is 4.22. The predicted molar refractivity (Wildman–Crippen MR) is 103 cm³/mol. The number of benzene rings is 1. The van der Waals surface area contributed by atoms with Crippen molar-refractivity contribution in [1.82, 2.24) is 20.2 Å². The molecule has 150 valence electrons. The van der Waals surface area contributed by atoms with Gasteiger partial charge in [0, 0.05) is 50.9 Å². The lowest BCUT2D eigenvalue weighted by atomic mass is 9.73. The number of hydrogen-bond acceptors (Lipinski definition) is 5. The van der Waals surface area contributed by atoms with Gasteiger partial charge >= 0.3 is 0 Å². The van der Waals surface area contributed by atoms with Crippen LogP contribution in [-0.2, 0) is 16.0 Å². The van der Waals surface area contributed by atoms with Crippen LogP contribution in [0.4, 0.5) is 10.3 Å². The number of hydrogen-bond donors (Lipinski definition) is 1. The van der Waals surface area contributed by atoms with E-state index in [0.29, 0.717) is 50.5 Å². The predicted octanol–water partition coefficient (Wildman–Crippen LogP) is 1.01. The van der Waals surface area contributed by atoms with E-state index in [1.807, 2.05) is 9.80 Å². The maximum Gasteiger partial charge on any atom is 0.232 e. The van der Waals surface area contributed by atoms with Crippen molar-refractivity contribution in [2.45, 2.75) is 18.9 Å². The summed E-state index contributed by atoms with van der Waals surface area (Å²) in [6, 6.07) is 8.40. The SMILES string of the molecule is O=C1C[C@H]2CN(C(=O)C3(Cc4ccccc4F)CN(c4ncccn4)C3)C[C@H]2N1. The Bertz CT molecular complexity index is 931. The molecule has 3 aliphatic rings. The van der Waals surface area contributed by atoms with Gasteiger partial charge in [-0.1, -0.05) is 18.2 Å². The van der Waals surface area contributed by atoms with E-state index in [4.69, 9.17) is 0 Å². The number of amides is 2. The average Bonchev–Trinajstić information content (AvgIpc) is 3.23. The quantitative estimate of drug-likeness (QED) is 0.836. The van der Waals surface area contributed by atoms with E-state index in [0.717, 1.165) is 0 Å². The van der Waals surface area contributed by atoms with Gasteiger partial charge in [0.05, 0.1) is 11.5 Å². The highest BCUT2D eigenvalue weighted by Gasteiger charge is 2.54. The molecule has 0 radical (unpaired) electrons. The molecule has 4 heterocycles. The molecule has 2 aromatic rings. The summed E-state index contributed by atoms with van der Waals surface area (Å²) in [6.07, 6.45) is 4.15. The van der Waals surface area contributed by atoms with Crippen molar-refractivity contribution in [3.63, 3.8) is 0 Å². The fraction of sp³-hybridized carbons (Fsp3) is 0.429. The van der Waals surface area contributed by atoms with E-state index in [1.165, 1.54) is 6.07 Å². The van der Waals surface area contributed by atoms with E-state index in [1.54, 1.807) is 36.7 Å². The molecule has 7 nitrogen and oxygen atoms in total. The van der Waals surface area contributed by atoms with Crippen LogP contribution in [0.5, 0.6) is 0 Å². The second kappa shape index (κ2) is 6.79. The average molecular weight is 395 g/mol. The van der Waals surface area contributed by atoms with Crippen molar-refractivity contribution >= 4 is 17.8 Å². The summed E-state index contributed by atoms with van der Waals surface area (Å²) in [5.41, 5.74) is -0.175. The van der Waals surface area contributed by atoms with Gasteiger partial charge in [-0.05, 0) is 24.1 Å².